The van der Waals surface area contributed by atoms with E-state index < -0.39 is 5.97 Å². The summed E-state index contributed by atoms with van der Waals surface area (Å²) in [5, 5.41) is 0. The van der Waals surface area contributed by atoms with Crippen LogP contribution in [0.1, 0.15) is 16.7 Å². The summed E-state index contributed by atoms with van der Waals surface area (Å²) in [5.74, 6) is -0.217. The number of nitrogens with zero attached hydrogens (tertiary/aromatic N) is 1. The minimum absolute atomic E-state index is 0.226. The molecule has 5 nitrogen and oxygen atoms in total. The highest BCUT2D eigenvalue weighted by Gasteiger charge is 2.13. The van der Waals surface area contributed by atoms with Gasteiger partial charge in [0.05, 0.1) is 0 Å². The molecule has 0 N–H and O–H groups in total. The van der Waals surface area contributed by atoms with Crippen LogP contribution in [-0.4, -0.2) is 43.3 Å². The zero-order valence-electron chi connectivity index (χ0n) is 16.2. The molecule has 27 heavy (non-hydrogen) atoms. The second kappa shape index (κ2) is 10.0. The summed E-state index contributed by atoms with van der Waals surface area (Å²) in [6.07, 6.45) is 2.02. The summed E-state index contributed by atoms with van der Waals surface area (Å²) in [4.78, 5) is 26.7. The highest BCUT2D eigenvalue weighted by molar-refractivity contribution is 7.98. The molecule has 0 aliphatic heterocycles. The van der Waals surface area contributed by atoms with Crippen LogP contribution in [0.3, 0.4) is 0 Å². The molecule has 0 heterocycles. The Morgan fingerprint density at radius 3 is 2.22 bits per heavy atom. The third kappa shape index (κ3) is 6.98. The Bertz CT molecular complexity index is 769. The van der Waals surface area contributed by atoms with Gasteiger partial charge in [-0.05, 0) is 61.1 Å². The Balaban J connectivity index is 1.75. The van der Waals surface area contributed by atoms with Crippen molar-refractivity contribution < 1.29 is 19.1 Å². The number of aryl methyl sites for hydroxylation is 2. The van der Waals surface area contributed by atoms with E-state index >= 15 is 0 Å². The fraction of sp³-hybridized carbons (Fsp3) is 0.333. The van der Waals surface area contributed by atoms with E-state index in [2.05, 4.69) is 0 Å². The molecule has 0 atom stereocenters. The second-order valence-corrected chi connectivity index (χ2v) is 7.25. The van der Waals surface area contributed by atoms with E-state index in [4.69, 9.17) is 9.47 Å². The van der Waals surface area contributed by atoms with E-state index in [1.54, 1.807) is 18.8 Å². The lowest BCUT2D eigenvalue weighted by atomic mass is 10.1. The van der Waals surface area contributed by atoms with Crippen molar-refractivity contribution >= 4 is 23.6 Å². The quantitative estimate of drug-likeness (QED) is 0.512. The molecule has 0 aliphatic rings. The molecule has 0 fully saturated rings. The van der Waals surface area contributed by atoms with E-state index in [1.807, 2.05) is 62.6 Å². The van der Waals surface area contributed by atoms with Gasteiger partial charge in [-0.1, -0.05) is 18.2 Å². The predicted octanol–water partition coefficient (Wildman–Crippen LogP) is 3.61. The van der Waals surface area contributed by atoms with Crippen molar-refractivity contribution in [1.29, 1.82) is 0 Å². The monoisotopic (exact) mass is 387 g/mol. The average Bonchev–Trinajstić information content (AvgIpc) is 2.64. The first-order valence-corrected chi connectivity index (χ1v) is 9.83. The van der Waals surface area contributed by atoms with E-state index in [-0.39, 0.29) is 19.1 Å². The summed E-state index contributed by atoms with van der Waals surface area (Å²) in [7, 11) is 1.69. The highest BCUT2D eigenvalue weighted by atomic mass is 32.2. The first-order chi connectivity index (χ1) is 12.9. The van der Waals surface area contributed by atoms with Gasteiger partial charge in [-0.25, -0.2) is 4.79 Å². The van der Waals surface area contributed by atoms with E-state index in [0.29, 0.717) is 12.3 Å². The van der Waals surface area contributed by atoms with Gasteiger partial charge in [0, 0.05) is 18.5 Å². The number of hydrogen-bond donors (Lipinski definition) is 0. The van der Waals surface area contributed by atoms with Gasteiger partial charge in [0.15, 0.2) is 13.2 Å². The molecule has 2 aromatic carbocycles. The number of hydrogen-bond acceptors (Lipinski definition) is 5. The van der Waals surface area contributed by atoms with Crippen LogP contribution < -0.4 is 4.74 Å². The number of carbonyl (C=O) groups is 2. The molecule has 0 bridgehead atoms. The molecule has 144 valence electrons. The minimum Gasteiger partial charge on any atom is -0.482 e. The molecule has 0 aromatic heterocycles. The SMILES string of the molecule is CSc1ccc(CN(C)C(=O)COC(=O)COc2cc(C)cc(C)c2)cc1. The van der Waals surface area contributed by atoms with Gasteiger partial charge in [0.1, 0.15) is 5.75 Å². The second-order valence-electron chi connectivity index (χ2n) is 6.37. The summed E-state index contributed by atoms with van der Waals surface area (Å²) in [6, 6.07) is 13.7. The number of thioether (sulfide) groups is 1. The Hall–Kier alpha value is -2.47. The zero-order chi connectivity index (χ0) is 19.8. The Labute approximate surface area is 164 Å². The van der Waals surface area contributed by atoms with Crippen LogP contribution in [-0.2, 0) is 20.9 Å². The highest BCUT2D eigenvalue weighted by Crippen LogP contribution is 2.17. The molecule has 0 saturated carbocycles. The number of benzene rings is 2. The molecule has 2 aromatic rings. The van der Waals surface area contributed by atoms with Crippen LogP contribution in [0.5, 0.6) is 5.75 Å². The van der Waals surface area contributed by atoms with Crippen LogP contribution in [0, 0.1) is 13.8 Å². The van der Waals surface area contributed by atoms with Crippen LogP contribution in [0.25, 0.3) is 0 Å². The molecule has 0 aliphatic carbocycles. The zero-order valence-corrected chi connectivity index (χ0v) is 17.0. The fourth-order valence-corrected chi connectivity index (χ4v) is 2.95. The Kier molecular flexibility index (Phi) is 7.73. The Morgan fingerprint density at radius 2 is 1.63 bits per heavy atom. The van der Waals surface area contributed by atoms with Crippen LogP contribution in [0.15, 0.2) is 47.4 Å². The molecular formula is C21H25NO4S. The molecule has 2 rings (SSSR count). The van der Waals surface area contributed by atoms with Crippen molar-refractivity contribution in [3.63, 3.8) is 0 Å². The first kappa shape index (κ1) is 20.8. The van der Waals surface area contributed by atoms with Crippen molar-refractivity contribution in [2.75, 3.05) is 26.5 Å². The first-order valence-electron chi connectivity index (χ1n) is 8.61. The van der Waals surface area contributed by atoms with E-state index in [0.717, 1.165) is 16.7 Å². The van der Waals surface area contributed by atoms with Crippen LogP contribution in [0.2, 0.25) is 0 Å². The third-order valence-corrected chi connectivity index (χ3v) is 4.66. The lowest BCUT2D eigenvalue weighted by molar-refractivity contribution is -0.153. The standard InChI is InChI=1S/C21H25NO4S/c1-15-9-16(2)11-18(10-15)25-14-21(24)26-13-20(23)22(3)12-17-5-7-19(27-4)8-6-17/h5-11H,12-14H2,1-4H3. The number of amides is 1. The van der Waals surface area contributed by atoms with Gasteiger partial charge >= 0.3 is 5.97 Å². The summed E-state index contributed by atoms with van der Waals surface area (Å²) < 4.78 is 10.5. The molecule has 0 unspecified atom stereocenters. The maximum absolute atomic E-state index is 12.1. The minimum atomic E-state index is -0.569. The maximum atomic E-state index is 12.1. The lowest BCUT2D eigenvalue weighted by Crippen LogP contribution is -2.31. The van der Waals surface area contributed by atoms with Gasteiger partial charge < -0.3 is 14.4 Å². The van der Waals surface area contributed by atoms with Crippen molar-refractivity contribution in [1.82, 2.24) is 4.90 Å². The van der Waals surface area contributed by atoms with Crippen molar-refractivity contribution in [3.8, 4) is 5.75 Å². The van der Waals surface area contributed by atoms with Crippen molar-refractivity contribution in [3.05, 3.63) is 59.2 Å². The number of rotatable bonds is 8. The summed E-state index contributed by atoms with van der Waals surface area (Å²) in [6.45, 7) is 3.86. The van der Waals surface area contributed by atoms with Gasteiger partial charge in [-0.2, -0.15) is 0 Å². The largest absolute Gasteiger partial charge is 0.482 e. The van der Waals surface area contributed by atoms with E-state index in [9.17, 15) is 9.59 Å². The molecule has 0 saturated heterocycles. The molecular weight excluding hydrogens is 362 g/mol. The Morgan fingerprint density at radius 1 is 1.00 bits per heavy atom. The summed E-state index contributed by atoms with van der Waals surface area (Å²) in [5.41, 5.74) is 3.13. The van der Waals surface area contributed by atoms with Crippen molar-refractivity contribution in [2.24, 2.45) is 0 Å². The number of ether oxygens (including phenoxy) is 2. The normalized spacial score (nSPS) is 10.4. The van der Waals surface area contributed by atoms with Crippen LogP contribution >= 0.6 is 11.8 Å². The average molecular weight is 388 g/mol. The topological polar surface area (TPSA) is 55.8 Å². The van der Waals surface area contributed by atoms with E-state index in [1.165, 1.54) is 9.80 Å². The smallest absolute Gasteiger partial charge is 0.344 e. The molecule has 0 spiro atoms. The molecule has 1 amide bonds. The van der Waals surface area contributed by atoms with Gasteiger partial charge in [0.25, 0.3) is 5.91 Å². The number of esters is 1. The van der Waals surface area contributed by atoms with Gasteiger partial charge in [0.2, 0.25) is 0 Å². The fourth-order valence-electron chi connectivity index (χ4n) is 2.55. The number of likely N-dealkylation sites (N-methyl/N-ethyl adjacent to an activating group) is 1. The van der Waals surface area contributed by atoms with Gasteiger partial charge in [-0.15, -0.1) is 11.8 Å². The summed E-state index contributed by atoms with van der Waals surface area (Å²) >= 11 is 1.67. The van der Waals surface area contributed by atoms with Crippen molar-refractivity contribution in [2.45, 2.75) is 25.3 Å². The maximum Gasteiger partial charge on any atom is 0.344 e. The molecule has 0 radical (unpaired) electrons. The predicted molar refractivity (Wildman–Crippen MR) is 107 cm³/mol. The molecule has 6 heteroatoms. The third-order valence-electron chi connectivity index (χ3n) is 3.91. The van der Waals surface area contributed by atoms with Gasteiger partial charge in [-0.3, -0.25) is 4.79 Å². The number of carbonyl (C=O) groups excluding carboxylic acids is 2. The van der Waals surface area contributed by atoms with Crippen LogP contribution in [0.4, 0.5) is 0 Å². The lowest BCUT2D eigenvalue weighted by Gasteiger charge is -2.17.